The molecule has 0 saturated carbocycles. The van der Waals surface area contributed by atoms with Crippen LogP contribution in [0, 0.1) is 0 Å². The Kier molecular flexibility index (Phi) is 5.31. The second kappa shape index (κ2) is 5.43. The Morgan fingerprint density at radius 2 is 1.62 bits per heavy atom. The van der Waals surface area contributed by atoms with Crippen LogP contribution in [0.3, 0.4) is 0 Å². The molecule has 0 unspecified atom stereocenters. The van der Waals surface area contributed by atoms with Crippen molar-refractivity contribution in [3.05, 3.63) is 0 Å². The van der Waals surface area contributed by atoms with E-state index in [0.29, 0.717) is 0 Å². The fraction of sp³-hybridized carbons (Fsp3) is 0.667. The first-order valence-corrected chi connectivity index (χ1v) is 4.16. The van der Waals surface area contributed by atoms with E-state index in [2.05, 4.69) is 0 Å². The van der Waals surface area contributed by atoms with Crippen molar-refractivity contribution in [1.82, 2.24) is 0 Å². The summed E-state index contributed by atoms with van der Waals surface area (Å²) < 4.78 is -0.885. The van der Waals surface area contributed by atoms with Crippen molar-refractivity contribution in [1.29, 1.82) is 0 Å². The minimum absolute atomic E-state index is 0.00947. The van der Waals surface area contributed by atoms with E-state index < -0.39 is 29.1 Å². The Balaban J connectivity index is 4.32. The van der Waals surface area contributed by atoms with Gasteiger partial charge in [0.05, 0.1) is 0 Å². The monoisotopic (exact) mass is 257 g/mol. The van der Waals surface area contributed by atoms with E-state index in [9.17, 15) is 9.59 Å². The van der Waals surface area contributed by atoms with Crippen molar-refractivity contribution in [2.24, 2.45) is 0 Å². The van der Waals surface area contributed by atoms with E-state index in [1.165, 1.54) is 0 Å². The van der Waals surface area contributed by atoms with Gasteiger partial charge in [-0.3, -0.25) is 0 Å². The normalized spacial score (nSPS) is 20.0. The van der Waals surface area contributed by atoms with Crippen LogP contribution in [0.2, 0.25) is 0 Å². The molecule has 0 rings (SSSR count). The molecule has 0 amide bonds. The number of rotatable bonds is 5. The van der Waals surface area contributed by atoms with Crippen LogP contribution < -0.4 is 0 Å². The summed E-state index contributed by atoms with van der Waals surface area (Å²) in [6.45, 7) is 0. The topological polar surface area (TPSA) is 115 Å². The molecule has 0 aliphatic carbocycles. The third-order valence-corrected chi connectivity index (χ3v) is 1.91. The first-order chi connectivity index (χ1) is 5.91. The van der Waals surface area contributed by atoms with E-state index >= 15 is 0 Å². The summed E-state index contributed by atoms with van der Waals surface area (Å²) in [6.07, 6.45) is -7.47. The summed E-state index contributed by atoms with van der Waals surface area (Å²) in [5.74, 6) is 0. The predicted octanol–water partition coefficient (Wildman–Crippen LogP) is -3.68. The second-order valence-electron chi connectivity index (χ2n) is 2.37. The molecule has 4 atom stereocenters. The fourth-order valence-electron chi connectivity index (χ4n) is 0.609. The molecule has 0 aromatic heterocycles. The van der Waals surface area contributed by atoms with Gasteiger partial charge in [-0.05, 0) is 0 Å². The molecule has 0 aromatic rings. The van der Waals surface area contributed by atoms with Gasteiger partial charge in [0, 0.05) is 0 Å². The average Bonchev–Trinajstić information content (AvgIpc) is 2.12. The molecule has 0 aromatic carbocycles. The standard InChI is InChI=1S/C6H10O6Se/c7-1-2(8)3(9)4(10)5(11)6(12)13/h1-5,8-11H,(H,12,13)/p-1/t2-,3+,4+,5-/m0/s1. The van der Waals surface area contributed by atoms with Gasteiger partial charge in [0.15, 0.2) is 0 Å². The molecule has 0 heterocycles. The van der Waals surface area contributed by atoms with Gasteiger partial charge in [0.1, 0.15) is 0 Å². The van der Waals surface area contributed by atoms with Gasteiger partial charge in [-0.15, -0.1) is 0 Å². The van der Waals surface area contributed by atoms with E-state index in [-0.39, 0.29) is 6.29 Å². The Labute approximate surface area is 82.0 Å². The third kappa shape index (κ3) is 3.51. The van der Waals surface area contributed by atoms with Gasteiger partial charge >= 0.3 is 81.4 Å². The van der Waals surface area contributed by atoms with E-state index in [4.69, 9.17) is 20.4 Å². The quantitative estimate of drug-likeness (QED) is 0.297. The molecule has 0 fully saturated rings. The summed E-state index contributed by atoms with van der Waals surface area (Å²) >= 11 is 1.90. The van der Waals surface area contributed by atoms with E-state index in [0.717, 1.165) is 0 Å². The molecule has 0 spiro atoms. The molecule has 0 aliphatic heterocycles. The van der Waals surface area contributed by atoms with Crippen LogP contribution in [-0.2, 0) is 9.59 Å². The van der Waals surface area contributed by atoms with Gasteiger partial charge in [0.25, 0.3) is 0 Å². The van der Waals surface area contributed by atoms with Crippen molar-refractivity contribution in [2.75, 3.05) is 0 Å². The number of carbonyl (C=O) groups is 2. The predicted molar refractivity (Wildman–Crippen MR) is 40.9 cm³/mol. The number of carbonyl (C=O) groups excluding carboxylic acids is 2. The van der Waals surface area contributed by atoms with Crippen LogP contribution in [0.4, 0.5) is 0 Å². The molecule has 13 heavy (non-hydrogen) atoms. The zero-order chi connectivity index (χ0) is 10.6. The Hall–Kier alpha value is -0.301. The van der Waals surface area contributed by atoms with Gasteiger partial charge in [-0.1, -0.05) is 0 Å². The van der Waals surface area contributed by atoms with Gasteiger partial charge in [-0.2, -0.15) is 0 Å². The summed E-state index contributed by atoms with van der Waals surface area (Å²) in [5, 5.41) is 35.6. The zero-order valence-electron chi connectivity index (χ0n) is 6.40. The average molecular weight is 256 g/mol. The fourth-order valence-corrected chi connectivity index (χ4v) is 0.901. The molecule has 0 bridgehead atoms. The SMILES string of the molecule is O=C[C@H](O)[C@@H](O)[C@@H](O)[C@H](O)C(=O)[Se-]. The molecular weight excluding hydrogens is 247 g/mol. The molecule has 6 nitrogen and oxygen atoms in total. The number of hydrogen-bond donors (Lipinski definition) is 4. The molecule has 4 N–H and O–H groups in total. The molecule has 0 saturated heterocycles. The maximum atomic E-state index is 10.5. The van der Waals surface area contributed by atoms with Crippen LogP contribution >= 0.6 is 0 Å². The number of aliphatic hydroxyl groups is 4. The van der Waals surface area contributed by atoms with Crippen LogP contribution in [-0.4, -0.2) is 71.8 Å². The van der Waals surface area contributed by atoms with E-state index in [1.54, 1.807) is 0 Å². The van der Waals surface area contributed by atoms with Crippen molar-refractivity contribution < 1.29 is 30.0 Å². The number of hydrogen-bond acceptors (Lipinski definition) is 6. The van der Waals surface area contributed by atoms with Gasteiger partial charge < -0.3 is 0 Å². The Morgan fingerprint density at radius 3 is 1.92 bits per heavy atom. The molecule has 76 valence electrons. The molecular formula is C6H9O6Se-. The van der Waals surface area contributed by atoms with Crippen LogP contribution in [0.25, 0.3) is 0 Å². The molecule has 0 aliphatic rings. The summed E-state index contributed by atoms with van der Waals surface area (Å²) in [5.41, 5.74) is 0. The van der Waals surface area contributed by atoms with Crippen LogP contribution in [0.1, 0.15) is 0 Å². The Bertz CT molecular complexity index is 196. The van der Waals surface area contributed by atoms with Crippen LogP contribution in [0.15, 0.2) is 0 Å². The number of aldehydes is 1. The molecule has 7 heteroatoms. The van der Waals surface area contributed by atoms with Crippen molar-refractivity contribution in [3.8, 4) is 0 Å². The first-order valence-electron chi connectivity index (χ1n) is 3.30. The molecule has 0 radical (unpaired) electrons. The summed E-state index contributed by atoms with van der Waals surface area (Å²) in [4.78, 5) is 20.4. The van der Waals surface area contributed by atoms with E-state index in [1.807, 2.05) is 16.0 Å². The first kappa shape index (κ1) is 12.7. The minimum atomic E-state index is -1.89. The van der Waals surface area contributed by atoms with Gasteiger partial charge in [0.2, 0.25) is 0 Å². The summed E-state index contributed by atoms with van der Waals surface area (Å²) in [6, 6.07) is 0. The van der Waals surface area contributed by atoms with Crippen molar-refractivity contribution in [2.45, 2.75) is 24.4 Å². The number of aliphatic hydroxyl groups excluding tert-OH is 4. The van der Waals surface area contributed by atoms with Crippen LogP contribution in [0.5, 0.6) is 0 Å². The summed E-state index contributed by atoms with van der Waals surface area (Å²) in [7, 11) is 0. The maximum absolute atomic E-state index is 10.5. The van der Waals surface area contributed by atoms with Crippen molar-refractivity contribution >= 4 is 27.0 Å². The Morgan fingerprint density at radius 1 is 1.15 bits per heavy atom. The van der Waals surface area contributed by atoms with Crippen molar-refractivity contribution in [3.63, 3.8) is 0 Å². The third-order valence-electron chi connectivity index (χ3n) is 1.40. The van der Waals surface area contributed by atoms with Gasteiger partial charge in [-0.25, -0.2) is 0 Å². The second-order valence-corrected chi connectivity index (χ2v) is 3.22. The zero-order valence-corrected chi connectivity index (χ0v) is 8.11.